The van der Waals surface area contributed by atoms with Gasteiger partial charge in [-0.1, -0.05) is 48.3 Å². The molecule has 2 rings (SSSR count). The molecule has 0 aliphatic heterocycles. The van der Waals surface area contributed by atoms with Crippen LogP contribution in [0.5, 0.6) is 0 Å². The van der Waals surface area contributed by atoms with E-state index in [0.29, 0.717) is 22.0 Å². The van der Waals surface area contributed by atoms with Crippen LogP contribution in [0.2, 0.25) is 10.0 Å². The number of hydrogen-bond acceptors (Lipinski definition) is 4. The Morgan fingerprint density at radius 3 is 2.24 bits per heavy atom. The number of nitrogens with one attached hydrogen (secondary N) is 1. The summed E-state index contributed by atoms with van der Waals surface area (Å²) in [6, 6.07) is 9.72. The van der Waals surface area contributed by atoms with Crippen molar-refractivity contribution >= 4 is 50.7 Å². The van der Waals surface area contributed by atoms with Gasteiger partial charge in [0.1, 0.15) is 11.9 Å². The molecule has 2 aromatic rings. The number of halogens is 3. The molecule has 0 aliphatic rings. The average Bonchev–Trinajstić information content (AvgIpc) is 2.78. The van der Waals surface area contributed by atoms with Crippen molar-refractivity contribution in [3.63, 3.8) is 0 Å². The van der Waals surface area contributed by atoms with Crippen molar-refractivity contribution in [2.45, 2.75) is 38.8 Å². The Labute approximate surface area is 209 Å². The summed E-state index contributed by atoms with van der Waals surface area (Å²) in [4.78, 5) is 27.1. The number of anilines is 1. The number of nitrogens with zero attached hydrogens (tertiary/aromatic N) is 2. The first-order chi connectivity index (χ1) is 16.0. The van der Waals surface area contributed by atoms with Gasteiger partial charge in [-0.25, -0.2) is 12.8 Å². The molecule has 0 bridgehead atoms. The number of hydrogen-bond donors (Lipinski definition) is 1. The number of para-hydroxylation sites is 1. The zero-order valence-electron chi connectivity index (χ0n) is 19.2. The molecule has 7 nitrogen and oxygen atoms in total. The second-order valence-electron chi connectivity index (χ2n) is 7.65. The lowest BCUT2D eigenvalue weighted by molar-refractivity contribution is -0.141. The molecule has 0 spiro atoms. The first kappa shape index (κ1) is 27.9. The summed E-state index contributed by atoms with van der Waals surface area (Å²) in [5.74, 6) is -1.41. The first-order valence-corrected chi connectivity index (χ1v) is 13.3. The van der Waals surface area contributed by atoms with E-state index in [1.807, 2.05) is 0 Å². The maximum atomic E-state index is 14.2. The Bertz CT molecular complexity index is 1110. The highest BCUT2D eigenvalue weighted by Gasteiger charge is 2.29. The predicted molar refractivity (Wildman–Crippen MR) is 133 cm³/mol. The van der Waals surface area contributed by atoms with Crippen LogP contribution in [0.25, 0.3) is 0 Å². The van der Waals surface area contributed by atoms with E-state index in [4.69, 9.17) is 23.2 Å². The van der Waals surface area contributed by atoms with Crippen molar-refractivity contribution in [3.05, 3.63) is 63.9 Å². The van der Waals surface area contributed by atoms with E-state index in [1.54, 1.807) is 25.1 Å². The van der Waals surface area contributed by atoms with Crippen molar-refractivity contribution in [2.24, 2.45) is 0 Å². The van der Waals surface area contributed by atoms with Crippen molar-refractivity contribution < 1.29 is 22.4 Å². The lowest BCUT2D eigenvalue weighted by Crippen LogP contribution is -2.48. The molecule has 1 N–H and O–H groups in total. The minimum Gasteiger partial charge on any atom is -0.357 e. The molecule has 11 heteroatoms. The Balaban J connectivity index is 2.25. The van der Waals surface area contributed by atoms with Gasteiger partial charge in [-0.05, 0) is 37.1 Å². The smallest absolute Gasteiger partial charge is 0.242 e. The molecule has 0 radical (unpaired) electrons. The van der Waals surface area contributed by atoms with E-state index < -0.39 is 21.9 Å². The molecule has 2 aromatic carbocycles. The van der Waals surface area contributed by atoms with Crippen molar-refractivity contribution in [1.82, 2.24) is 10.2 Å². The van der Waals surface area contributed by atoms with Gasteiger partial charge in [0.05, 0.1) is 11.9 Å². The van der Waals surface area contributed by atoms with E-state index in [0.717, 1.165) is 10.6 Å². The standard InChI is InChI=1S/C23H28Cl2FN3O4S/c1-4-20(23(31)27-2)28(15-16-17(24)9-7-10-18(16)25)22(30)13-8-14-29(34(3,32)33)21-12-6-5-11-19(21)26/h5-7,9-12,20H,4,8,13-15H2,1-3H3,(H,27,31)/t20-/m0/s1. The molecule has 0 heterocycles. The quantitative estimate of drug-likeness (QED) is 0.469. The molecular weight excluding hydrogens is 504 g/mol. The Morgan fingerprint density at radius 2 is 1.71 bits per heavy atom. The van der Waals surface area contributed by atoms with E-state index in [9.17, 15) is 22.4 Å². The summed E-state index contributed by atoms with van der Waals surface area (Å²) in [6.07, 6.45) is 1.36. The molecule has 0 fully saturated rings. The van der Waals surface area contributed by atoms with Gasteiger partial charge >= 0.3 is 0 Å². The van der Waals surface area contributed by atoms with Gasteiger partial charge in [-0.2, -0.15) is 0 Å². The second kappa shape index (κ2) is 12.4. The Kier molecular flexibility index (Phi) is 10.1. The topological polar surface area (TPSA) is 86.8 Å². The molecule has 0 aromatic heterocycles. The van der Waals surface area contributed by atoms with Crippen LogP contribution in [0, 0.1) is 5.82 Å². The number of likely N-dealkylation sites (N-methyl/N-ethyl adjacent to an activating group) is 1. The monoisotopic (exact) mass is 531 g/mol. The Hall–Kier alpha value is -2.36. The minimum atomic E-state index is -3.79. The number of carbonyl (C=O) groups is 2. The summed E-state index contributed by atoms with van der Waals surface area (Å²) < 4.78 is 39.7. The average molecular weight is 532 g/mol. The lowest BCUT2D eigenvalue weighted by Gasteiger charge is -2.31. The van der Waals surface area contributed by atoms with E-state index in [1.165, 1.54) is 36.2 Å². The third-order valence-electron chi connectivity index (χ3n) is 5.30. The van der Waals surface area contributed by atoms with Crippen molar-refractivity contribution in [2.75, 3.05) is 24.2 Å². The number of sulfonamides is 1. The molecule has 2 amide bonds. The SMILES string of the molecule is CC[C@@H](C(=O)NC)N(Cc1c(Cl)cccc1Cl)C(=O)CCCN(c1ccccc1F)S(C)(=O)=O. The zero-order valence-corrected chi connectivity index (χ0v) is 21.6. The third-order valence-corrected chi connectivity index (χ3v) is 7.18. The molecule has 0 unspecified atom stereocenters. The third kappa shape index (κ3) is 7.07. The van der Waals surface area contributed by atoms with Gasteiger partial charge in [-0.15, -0.1) is 0 Å². The first-order valence-electron chi connectivity index (χ1n) is 10.7. The summed E-state index contributed by atoms with van der Waals surface area (Å²) in [5, 5.41) is 3.28. The summed E-state index contributed by atoms with van der Waals surface area (Å²) in [7, 11) is -2.31. The van der Waals surface area contributed by atoms with Crippen LogP contribution < -0.4 is 9.62 Å². The van der Waals surface area contributed by atoms with Gasteiger partial charge in [0, 0.05) is 42.2 Å². The van der Waals surface area contributed by atoms with Crippen LogP contribution in [-0.4, -0.2) is 51.0 Å². The van der Waals surface area contributed by atoms with Crippen LogP contribution in [0.3, 0.4) is 0 Å². The van der Waals surface area contributed by atoms with E-state index >= 15 is 0 Å². The fraction of sp³-hybridized carbons (Fsp3) is 0.391. The predicted octanol–water partition coefficient (Wildman–Crippen LogP) is 4.23. The van der Waals surface area contributed by atoms with Crippen molar-refractivity contribution in [3.8, 4) is 0 Å². The van der Waals surface area contributed by atoms with E-state index in [-0.39, 0.29) is 43.4 Å². The van der Waals surface area contributed by atoms with Crippen LogP contribution in [0.1, 0.15) is 31.7 Å². The number of amides is 2. The van der Waals surface area contributed by atoms with Gasteiger partial charge in [0.15, 0.2) is 0 Å². The molecule has 1 atom stereocenters. The molecule has 0 saturated carbocycles. The maximum Gasteiger partial charge on any atom is 0.242 e. The lowest BCUT2D eigenvalue weighted by atomic mass is 10.1. The van der Waals surface area contributed by atoms with E-state index in [2.05, 4.69) is 5.32 Å². The highest BCUT2D eigenvalue weighted by molar-refractivity contribution is 7.92. The zero-order chi connectivity index (χ0) is 25.5. The number of carbonyl (C=O) groups excluding carboxylic acids is 2. The van der Waals surface area contributed by atoms with Gasteiger partial charge in [0.25, 0.3) is 0 Å². The van der Waals surface area contributed by atoms with Crippen LogP contribution in [0.4, 0.5) is 10.1 Å². The highest BCUT2D eigenvalue weighted by atomic mass is 35.5. The maximum absolute atomic E-state index is 14.2. The Morgan fingerprint density at radius 1 is 1.09 bits per heavy atom. The highest BCUT2D eigenvalue weighted by Crippen LogP contribution is 2.28. The van der Waals surface area contributed by atoms with Crippen LogP contribution in [0.15, 0.2) is 42.5 Å². The number of rotatable bonds is 11. The molecular formula is C23H28Cl2FN3O4S. The fourth-order valence-electron chi connectivity index (χ4n) is 3.58. The molecule has 34 heavy (non-hydrogen) atoms. The van der Waals surface area contributed by atoms with Gasteiger partial charge < -0.3 is 10.2 Å². The largest absolute Gasteiger partial charge is 0.357 e. The van der Waals surface area contributed by atoms with Gasteiger partial charge in [-0.3, -0.25) is 13.9 Å². The second-order valence-corrected chi connectivity index (χ2v) is 10.4. The summed E-state index contributed by atoms with van der Waals surface area (Å²) in [5.41, 5.74) is 0.416. The van der Waals surface area contributed by atoms with Gasteiger partial charge in [0.2, 0.25) is 21.8 Å². The van der Waals surface area contributed by atoms with Crippen molar-refractivity contribution in [1.29, 1.82) is 0 Å². The summed E-state index contributed by atoms with van der Waals surface area (Å²) in [6.45, 7) is 1.67. The minimum absolute atomic E-state index is 0.00632. The summed E-state index contributed by atoms with van der Waals surface area (Å²) >= 11 is 12.6. The van der Waals surface area contributed by atoms with Crippen LogP contribution in [-0.2, 0) is 26.2 Å². The normalized spacial score (nSPS) is 12.2. The number of benzene rings is 2. The fourth-order valence-corrected chi connectivity index (χ4v) is 5.06. The molecule has 0 saturated heterocycles. The molecule has 0 aliphatic carbocycles. The van der Waals surface area contributed by atoms with Crippen LogP contribution >= 0.6 is 23.2 Å². The molecule has 186 valence electrons.